The minimum Gasteiger partial charge on any atom is -0.377 e. The van der Waals surface area contributed by atoms with Gasteiger partial charge in [0.25, 0.3) is 0 Å². The molecule has 0 spiro atoms. The predicted octanol–water partition coefficient (Wildman–Crippen LogP) is 2.17. The monoisotopic (exact) mass is 342 g/mol. The van der Waals surface area contributed by atoms with E-state index < -0.39 is 0 Å². The highest BCUT2D eigenvalue weighted by Gasteiger charge is 2.24. The summed E-state index contributed by atoms with van der Waals surface area (Å²) >= 11 is 0. The molecular formula is C19H26N4O2. The summed E-state index contributed by atoms with van der Waals surface area (Å²) in [6, 6.07) is 6.34. The van der Waals surface area contributed by atoms with Crippen molar-refractivity contribution in [1.29, 1.82) is 0 Å². The summed E-state index contributed by atoms with van der Waals surface area (Å²) in [6.45, 7) is 4.72. The maximum atomic E-state index is 12.6. The van der Waals surface area contributed by atoms with Crippen LogP contribution in [-0.2, 0) is 16.1 Å². The van der Waals surface area contributed by atoms with E-state index in [0.717, 1.165) is 69.4 Å². The van der Waals surface area contributed by atoms with Crippen LogP contribution in [-0.4, -0.2) is 64.8 Å². The van der Waals surface area contributed by atoms with Gasteiger partial charge in [-0.25, -0.2) is 0 Å². The molecule has 0 bridgehead atoms. The Kier molecular flexibility index (Phi) is 4.99. The molecule has 0 saturated carbocycles. The fraction of sp³-hybridized carbons (Fsp3) is 0.579. The molecule has 2 aliphatic rings. The van der Waals surface area contributed by atoms with E-state index >= 15 is 0 Å². The molecule has 6 heteroatoms. The van der Waals surface area contributed by atoms with Crippen LogP contribution < -0.4 is 0 Å². The number of likely N-dealkylation sites (tertiary alicyclic amines) is 1. The van der Waals surface area contributed by atoms with Crippen LogP contribution in [0.15, 0.2) is 24.4 Å². The molecule has 2 fully saturated rings. The molecule has 6 nitrogen and oxygen atoms in total. The van der Waals surface area contributed by atoms with Gasteiger partial charge in [0.2, 0.25) is 5.91 Å². The fourth-order valence-electron chi connectivity index (χ4n) is 3.86. The van der Waals surface area contributed by atoms with Crippen molar-refractivity contribution >= 4 is 16.8 Å². The number of aromatic nitrogens is 2. The minimum atomic E-state index is 0.248. The maximum absolute atomic E-state index is 12.6. The number of hydrogen-bond acceptors (Lipinski definition) is 4. The molecular weight excluding hydrogens is 316 g/mol. The molecule has 1 N–H and O–H groups in total. The van der Waals surface area contributed by atoms with Gasteiger partial charge in [-0.15, -0.1) is 0 Å². The normalized spacial score (nSPS) is 20.8. The molecule has 3 heterocycles. The first-order valence-corrected chi connectivity index (χ1v) is 9.32. The minimum absolute atomic E-state index is 0.248. The van der Waals surface area contributed by atoms with Gasteiger partial charge in [-0.2, -0.15) is 5.10 Å². The van der Waals surface area contributed by atoms with Crippen molar-refractivity contribution in [2.45, 2.75) is 38.3 Å². The zero-order valence-corrected chi connectivity index (χ0v) is 14.6. The van der Waals surface area contributed by atoms with E-state index in [-0.39, 0.29) is 12.0 Å². The summed E-state index contributed by atoms with van der Waals surface area (Å²) in [7, 11) is 0. The zero-order valence-electron chi connectivity index (χ0n) is 14.6. The van der Waals surface area contributed by atoms with Gasteiger partial charge in [-0.3, -0.25) is 14.8 Å². The molecule has 1 aromatic heterocycles. The van der Waals surface area contributed by atoms with Crippen LogP contribution in [0.1, 0.15) is 31.2 Å². The molecule has 1 amide bonds. The van der Waals surface area contributed by atoms with Gasteiger partial charge in [0.1, 0.15) is 0 Å². The Morgan fingerprint density at radius 1 is 1.32 bits per heavy atom. The highest BCUT2D eigenvalue weighted by Crippen LogP contribution is 2.18. The number of rotatable bonds is 6. The first-order valence-electron chi connectivity index (χ1n) is 9.32. The van der Waals surface area contributed by atoms with E-state index in [2.05, 4.69) is 33.3 Å². The van der Waals surface area contributed by atoms with Crippen LogP contribution in [0.3, 0.4) is 0 Å². The smallest absolute Gasteiger partial charge is 0.236 e. The average molecular weight is 342 g/mol. The third kappa shape index (κ3) is 4.02. The molecule has 2 aliphatic heterocycles. The fourth-order valence-corrected chi connectivity index (χ4v) is 3.86. The lowest BCUT2D eigenvalue weighted by Gasteiger charge is -2.27. The standard InChI is InChI=1S/C19H26N4O2/c24-19(23-7-1-2-8-23)14-22(13-17-4-3-9-25-17)12-15-5-6-16-11-20-21-18(16)10-15/h5-6,10-11,17H,1-4,7-9,12-14H2,(H,20,21). The highest BCUT2D eigenvalue weighted by atomic mass is 16.5. The van der Waals surface area contributed by atoms with Gasteiger partial charge in [-0.1, -0.05) is 12.1 Å². The summed E-state index contributed by atoms with van der Waals surface area (Å²) in [4.78, 5) is 16.9. The largest absolute Gasteiger partial charge is 0.377 e. The Morgan fingerprint density at radius 3 is 3.00 bits per heavy atom. The van der Waals surface area contributed by atoms with E-state index in [9.17, 15) is 4.79 Å². The van der Waals surface area contributed by atoms with Crippen LogP contribution >= 0.6 is 0 Å². The maximum Gasteiger partial charge on any atom is 0.236 e. The van der Waals surface area contributed by atoms with Crippen molar-refractivity contribution < 1.29 is 9.53 Å². The average Bonchev–Trinajstić information content (AvgIpc) is 3.36. The number of carbonyl (C=O) groups is 1. The molecule has 134 valence electrons. The van der Waals surface area contributed by atoms with Gasteiger partial charge >= 0.3 is 0 Å². The van der Waals surface area contributed by atoms with Gasteiger partial charge in [-0.05, 0) is 37.3 Å². The van der Waals surface area contributed by atoms with E-state index in [4.69, 9.17) is 4.74 Å². The summed E-state index contributed by atoms with van der Waals surface area (Å²) in [6.07, 6.45) is 6.57. The quantitative estimate of drug-likeness (QED) is 0.874. The van der Waals surface area contributed by atoms with Crippen LogP contribution in [0.5, 0.6) is 0 Å². The number of fused-ring (bicyclic) bond motifs is 1. The van der Waals surface area contributed by atoms with E-state index in [1.165, 1.54) is 5.56 Å². The molecule has 25 heavy (non-hydrogen) atoms. The third-order valence-electron chi connectivity index (χ3n) is 5.22. The molecule has 0 aliphatic carbocycles. The number of H-pyrrole nitrogens is 1. The Hall–Kier alpha value is -1.92. The Balaban J connectivity index is 1.45. The zero-order chi connectivity index (χ0) is 17.1. The number of hydrogen-bond donors (Lipinski definition) is 1. The van der Waals surface area contributed by atoms with Crippen LogP contribution in [0, 0.1) is 0 Å². The van der Waals surface area contributed by atoms with E-state index in [1.807, 2.05) is 11.1 Å². The molecule has 1 aromatic carbocycles. The molecule has 4 rings (SSSR count). The second kappa shape index (κ2) is 7.54. The van der Waals surface area contributed by atoms with Crippen LogP contribution in [0.2, 0.25) is 0 Å². The summed E-state index contributed by atoms with van der Waals surface area (Å²) in [5.74, 6) is 0.248. The number of amides is 1. The van der Waals surface area contributed by atoms with Crippen LogP contribution in [0.25, 0.3) is 10.9 Å². The van der Waals surface area contributed by atoms with Crippen LogP contribution in [0.4, 0.5) is 0 Å². The first kappa shape index (κ1) is 16.5. The van der Waals surface area contributed by atoms with Crippen molar-refractivity contribution in [3.05, 3.63) is 30.0 Å². The number of aromatic amines is 1. The Labute approximate surface area is 148 Å². The van der Waals surface area contributed by atoms with Crippen molar-refractivity contribution in [2.75, 3.05) is 32.8 Å². The molecule has 0 radical (unpaired) electrons. The number of nitrogens with zero attached hydrogens (tertiary/aromatic N) is 3. The molecule has 2 aromatic rings. The van der Waals surface area contributed by atoms with Crippen molar-refractivity contribution in [2.24, 2.45) is 0 Å². The number of benzene rings is 1. The van der Waals surface area contributed by atoms with E-state index in [0.29, 0.717) is 6.54 Å². The lowest BCUT2D eigenvalue weighted by Crippen LogP contribution is -2.41. The first-order chi connectivity index (χ1) is 12.3. The lowest BCUT2D eigenvalue weighted by atomic mass is 10.1. The summed E-state index contributed by atoms with van der Waals surface area (Å²) in [5.41, 5.74) is 2.24. The van der Waals surface area contributed by atoms with E-state index in [1.54, 1.807) is 0 Å². The summed E-state index contributed by atoms with van der Waals surface area (Å²) < 4.78 is 5.80. The molecule has 1 unspecified atom stereocenters. The predicted molar refractivity (Wildman–Crippen MR) is 96.2 cm³/mol. The summed E-state index contributed by atoms with van der Waals surface area (Å²) in [5, 5.41) is 8.22. The van der Waals surface area contributed by atoms with Gasteiger partial charge in [0.15, 0.2) is 0 Å². The second-order valence-electron chi connectivity index (χ2n) is 7.18. The Bertz CT molecular complexity index is 717. The van der Waals surface area contributed by atoms with Gasteiger partial charge < -0.3 is 9.64 Å². The second-order valence-corrected chi connectivity index (χ2v) is 7.18. The van der Waals surface area contributed by atoms with Crippen molar-refractivity contribution in [3.63, 3.8) is 0 Å². The molecule has 1 atom stereocenters. The highest BCUT2D eigenvalue weighted by molar-refractivity contribution is 5.79. The van der Waals surface area contributed by atoms with Crippen molar-refractivity contribution in [3.8, 4) is 0 Å². The SMILES string of the molecule is O=C(CN(Cc1ccc2cn[nH]c2c1)CC1CCCO1)N1CCCC1. The molecule has 2 saturated heterocycles. The topological polar surface area (TPSA) is 61.5 Å². The Morgan fingerprint density at radius 2 is 2.20 bits per heavy atom. The lowest BCUT2D eigenvalue weighted by molar-refractivity contribution is -0.131. The van der Waals surface area contributed by atoms with Gasteiger partial charge in [0, 0.05) is 38.2 Å². The number of ether oxygens (including phenoxy) is 1. The number of carbonyl (C=O) groups excluding carboxylic acids is 1. The third-order valence-corrected chi connectivity index (χ3v) is 5.22. The number of nitrogens with one attached hydrogen (secondary N) is 1. The van der Waals surface area contributed by atoms with Crippen molar-refractivity contribution in [1.82, 2.24) is 20.0 Å². The van der Waals surface area contributed by atoms with Gasteiger partial charge in [0.05, 0.1) is 24.4 Å².